The van der Waals surface area contributed by atoms with E-state index < -0.39 is 5.97 Å². The van der Waals surface area contributed by atoms with Gasteiger partial charge >= 0.3 is 5.97 Å². The van der Waals surface area contributed by atoms with E-state index in [4.69, 9.17) is 9.47 Å². The molecular weight excluding hydrogens is 326 g/mol. The number of ether oxygens (including phenoxy) is 2. The number of methoxy groups -OCH3 is 1. The highest BCUT2D eigenvalue weighted by Gasteiger charge is 2.10. The summed E-state index contributed by atoms with van der Waals surface area (Å²) in [6.07, 6.45) is 2.00. The van der Waals surface area contributed by atoms with Gasteiger partial charge in [-0.3, -0.25) is 9.59 Å². The third-order valence-corrected chi connectivity index (χ3v) is 4.03. The molecule has 2 aromatic carbocycles. The summed E-state index contributed by atoms with van der Waals surface area (Å²) in [5.41, 5.74) is 1.33. The summed E-state index contributed by atoms with van der Waals surface area (Å²) >= 11 is 1.65. The highest BCUT2D eigenvalue weighted by atomic mass is 32.2. The fourth-order valence-corrected chi connectivity index (χ4v) is 2.36. The minimum absolute atomic E-state index is 0.182. The molecule has 0 radical (unpaired) electrons. The number of amides is 1. The Labute approximate surface area is 145 Å². The minimum Gasteiger partial charge on any atom is -0.497 e. The van der Waals surface area contributed by atoms with E-state index in [1.165, 1.54) is 7.11 Å². The molecule has 0 saturated heterocycles. The molecule has 0 spiro atoms. The van der Waals surface area contributed by atoms with Crippen LogP contribution in [0.5, 0.6) is 5.75 Å². The van der Waals surface area contributed by atoms with Gasteiger partial charge in [0.25, 0.3) is 5.91 Å². The van der Waals surface area contributed by atoms with Crippen LogP contribution in [0, 0.1) is 0 Å². The monoisotopic (exact) mass is 345 g/mol. The summed E-state index contributed by atoms with van der Waals surface area (Å²) < 4.78 is 10.2. The molecule has 1 N–H and O–H groups in total. The number of hydrogen-bond donors (Lipinski definition) is 1. The molecule has 5 nitrogen and oxygen atoms in total. The first-order chi connectivity index (χ1) is 11.6. The number of thioether (sulfide) groups is 1. The van der Waals surface area contributed by atoms with E-state index in [-0.39, 0.29) is 19.1 Å². The van der Waals surface area contributed by atoms with E-state index in [0.717, 1.165) is 10.5 Å². The molecule has 126 valence electrons. The molecule has 0 aromatic heterocycles. The number of hydrogen-bond acceptors (Lipinski definition) is 5. The van der Waals surface area contributed by atoms with Crippen molar-refractivity contribution in [3.8, 4) is 5.75 Å². The van der Waals surface area contributed by atoms with Gasteiger partial charge in [0, 0.05) is 10.5 Å². The van der Waals surface area contributed by atoms with E-state index >= 15 is 0 Å². The Balaban J connectivity index is 1.78. The third kappa shape index (κ3) is 5.31. The highest BCUT2D eigenvalue weighted by Crippen LogP contribution is 2.15. The summed E-state index contributed by atoms with van der Waals surface area (Å²) in [5.74, 6) is -0.255. The van der Waals surface area contributed by atoms with Crippen LogP contribution in [0.4, 0.5) is 0 Å². The summed E-state index contributed by atoms with van der Waals surface area (Å²) in [6, 6.07) is 14.5. The van der Waals surface area contributed by atoms with Crippen molar-refractivity contribution in [1.29, 1.82) is 0 Å². The zero-order chi connectivity index (χ0) is 17.4. The summed E-state index contributed by atoms with van der Waals surface area (Å²) in [6.45, 7) is 0.00145. The molecular formula is C18H19NO4S. The average Bonchev–Trinajstić information content (AvgIpc) is 2.64. The number of benzene rings is 2. The second-order valence-corrected chi connectivity index (χ2v) is 5.80. The van der Waals surface area contributed by atoms with Gasteiger partial charge < -0.3 is 14.8 Å². The minimum atomic E-state index is -0.486. The van der Waals surface area contributed by atoms with Gasteiger partial charge in [0.2, 0.25) is 0 Å². The lowest BCUT2D eigenvalue weighted by Crippen LogP contribution is -2.30. The van der Waals surface area contributed by atoms with Crippen molar-refractivity contribution in [2.45, 2.75) is 11.5 Å². The maximum absolute atomic E-state index is 12.0. The molecule has 0 bridgehead atoms. The van der Waals surface area contributed by atoms with Crippen molar-refractivity contribution in [1.82, 2.24) is 5.32 Å². The molecule has 0 unspecified atom stereocenters. The Hall–Kier alpha value is -2.47. The van der Waals surface area contributed by atoms with Gasteiger partial charge in [0.05, 0.1) is 7.11 Å². The first-order valence-electron chi connectivity index (χ1n) is 7.33. The predicted molar refractivity (Wildman–Crippen MR) is 93.3 cm³/mol. The number of esters is 1. The maximum Gasteiger partial charge on any atom is 0.325 e. The van der Waals surface area contributed by atoms with Gasteiger partial charge in [0.1, 0.15) is 18.9 Å². The van der Waals surface area contributed by atoms with Gasteiger partial charge in [-0.2, -0.15) is 0 Å². The van der Waals surface area contributed by atoms with Crippen molar-refractivity contribution in [2.24, 2.45) is 0 Å². The van der Waals surface area contributed by atoms with E-state index in [0.29, 0.717) is 11.3 Å². The van der Waals surface area contributed by atoms with Crippen LogP contribution in [0.2, 0.25) is 0 Å². The van der Waals surface area contributed by atoms with Crippen molar-refractivity contribution in [2.75, 3.05) is 19.9 Å². The van der Waals surface area contributed by atoms with E-state index in [1.807, 2.05) is 30.5 Å². The first-order valence-corrected chi connectivity index (χ1v) is 8.55. The maximum atomic E-state index is 12.0. The van der Waals surface area contributed by atoms with Crippen LogP contribution in [0.15, 0.2) is 53.4 Å². The van der Waals surface area contributed by atoms with Crippen LogP contribution in [-0.4, -0.2) is 31.8 Å². The van der Waals surface area contributed by atoms with Gasteiger partial charge in [-0.15, -0.1) is 11.8 Å². The fourth-order valence-electron chi connectivity index (χ4n) is 1.96. The van der Waals surface area contributed by atoms with Crippen molar-refractivity contribution in [3.63, 3.8) is 0 Å². The SMILES string of the molecule is COc1cccc(C(=O)NCC(=O)OCc2ccc(SC)cc2)c1. The summed E-state index contributed by atoms with van der Waals surface area (Å²) in [7, 11) is 1.53. The van der Waals surface area contributed by atoms with Gasteiger partial charge in [0.15, 0.2) is 0 Å². The second kappa shape index (κ2) is 8.98. The molecule has 2 aromatic rings. The van der Waals surface area contributed by atoms with Crippen LogP contribution >= 0.6 is 11.8 Å². The van der Waals surface area contributed by atoms with Gasteiger partial charge in [-0.1, -0.05) is 18.2 Å². The highest BCUT2D eigenvalue weighted by molar-refractivity contribution is 7.98. The average molecular weight is 345 g/mol. The Morgan fingerprint density at radius 1 is 1.12 bits per heavy atom. The molecule has 0 atom stereocenters. The number of carbonyl (C=O) groups excluding carboxylic acids is 2. The van der Waals surface area contributed by atoms with Crippen molar-refractivity contribution < 1.29 is 19.1 Å². The summed E-state index contributed by atoms with van der Waals surface area (Å²) in [5, 5.41) is 2.53. The standard InChI is InChI=1S/C18H19NO4S/c1-22-15-5-3-4-14(10-15)18(21)19-11-17(20)23-12-13-6-8-16(24-2)9-7-13/h3-10H,11-12H2,1-2H3,(H,19,21). The molecule has 0 aliphatic heterocycles. The molecule has 0 fully saturated rings. The smallest absolute Gasteiger partial charge is 0.325 e. The quantitative estimate of drug-likeness (QED) is 0.617. The van der Waals surface area contributed by atoms with Gasteiger partial charge in [-0.25, -0.2) is 0 Å². The van der Waals surface area contributed by atoms with Crippen molar-refractivity contribution >= 4 is 23.6 Å². The molecule has 0 aliphatic carbocycles. The van der Waals surface area contributed by atoms with E-state index in [9.17, 15) is 9.59 Å². The lowest BCUT2D eigenvalue weighted by molar-refractivity contribution is -0.143. The Morgan fingerprint density at radius 3 is 2.54 bits per heavy atom. The molecule has 2 rings (SSSR count). The number of rotatable bonds is 7. The molecule has 24 heavy (non-hydrogen) atoms. The number of nitrogens with one attached hydrogen (secondary N) is 1. The van der Waals surface area contributed by atoms with Crippen LogP contribution < -0.4 is 10.1 Å². The third-order valence-electron chi connectivity index (χ3n) is 3.28. The Morgan fingerprint density at radius 2 is 1.88 bits per heavy atom. The topological polar surface area (TPSA) is 64.6 Å². The molecule has 0 aliphatic rings. The first kappa shape index (κ1) is 17.9. The zero-order valence-electron chi connectivity index (χ0n) is 13.6. The summed E-state index contributed by atoms with van der Waals surface area (Å²) in [4.78, 5) is 24.9. The second-order valence-electron chi connectivity index (χ2n) is 4.92. The molecule has 0 heterocycles. The lowest BCUT2D eigenvalue weighted by Gasteiger charge is -2.08. The Kier molecular flexibility index (Phi) is 6.69. The lowest BCUT2D eigenvalue weighted by atomic mass is 10.2. The van der Waals surface area contributed by atoms with Crippen LogP contribution in [0.1, 0.15) is 15.9 Å². The Bertz CT molecular complexity index is 700. The predicted octanol–water partition coefficient (Wildman–Crippen LogP) is 2.89. The fraction of sp³-hybridized carbons (Fsp3) is 0.222. The number of carbonyl (C=O) groups is 2. The van der Waals surface area contributed by atoms with E-state index in [1.54, 1.807) is 36.0 Å². The van der Waals surface area contributed by atoms with Crippen LogP contribution in [0.25, 0.3) is 0 Å². The molecule has 1 amide bonds. The van der Waals surface area contributed by atoms with Crippen LogP contribution in [0.3, 0.4) is 0 Å². The largest absolute Gasteiger partial charge is 0.497 e. The van der Waals surface area contributed by atoms with Crippen molar-refractivity contribution in [3.05, 3.63) is 59.7 Å². The molecule has 6 heteroatoms. The normalized spacial score (nSPS) is 10.1. The molecule has 0 saturated carbocycles. The zero-order valence-corrected chi connectivity index (χ0v) is 14.4. The van der Waals surface area contributed by atoms with E-state index in [2.05, 4.69) is 5.32 Å². The van der Waals surface area contributed by atoms with Crippen LogP contribution in [-0.2, 0) is 16.1 Å². The van der Waals surface area contributed by atoms with Gasteiger partial charge in [-0.05, 0) is 42.2 Å².